The van der Waals surface area contributed by atoms with Gasteiger partial charge in [-0.25, -0.2) is 0 Å². The summed E-state index contributed by atoms with van der Waals surface area (Å²) in [4.78, 5) is 6.41. The van der Waals surface area contributed by atoms with Gasteiger partial charge in [0.05, 0.1) is 25.8 Å². The van der Waals surface area contributed by atoms with E-state index in [9.17, 15) is 0 Å². The van der Waals surface area contributed by atoms with Crippen LogP contribution in [0.1, 0.15) is 10.9 Å². The van der Waals surface area contributed by atoms with E-state index in [0.29, 0.717) is 6.04 Å². The minimum Gasteiger partial charge on any atom is -0.379 e. The smallest absolute Gasteiger partial charge is 0.0594 e. The third-order valence-corrected chi connectivity index (χ3v) is 5.09. The molecule has 2 aromatic rings. The van der Waals surface area contributed by atoms with Crippen molar-refractivity contribution in [2.75, 3.05) is 46.4 Å². The molecule has 0 aliphatic carbocycles. The lowest BCUT2D eigenvalue weighted by molar-refractivity contribution is 0.00991. The summed E-state index contributed by atoms with van der Waals surface area (Å²) >= 11 is 1.86. The Labute approximate surface area is 136 Å². The van der Waals surface area contributed by atoms with E-state index in [1.165, 1.54) is 4.88 Å². The lowest BCUT2D eigenvalue weighted by Crippen LogP contribution is -2.43. The lowest BCUT2D eigenvalue weighted by atomic mass is 10.1. The van der Waals surface area contributed by atoms with Crippen LogP contribution in [0.25, 0.3) is 0 Å². The van der Waals surface area contributed by atoms with Crippen LogP contribution in [0.4, 0.5) is 0 Å². The average Bonchev–Trinajstić information content (AvgIpc) is 3.25. The Balaban J connectivity index is 1.59. The molecular formula is C16H24N4OS. The SMILES string of the molecule is CN(CCn1cccn1)CC(c1cccs1)N1CCOCC1. The van der Waals surface area contributed by atoms with Crippen LogP contribution in [0.5, 0.6) is 0 Å². The number of morpholine rings is 1. The van der Waals surface area contributed by atoms with Crippen molar-refractivity contribution >= 4 is 11.3 Å². The molecule has 1 saturated heterocycles. The Hall–Kier alpha value is -1.21. The van der Waals surface area contributed by atoms with Gasteiger partial charge in [0.2, 0.25) is 0 Å². The fraction of sp³-hybridized carbons (Fsp3) is 0.562. The third kappa shape index (κ3) is 4.16. The zero-order valence-electron chi connectivity index (χ0n) is 13.1. The van der Waals surface area contributed by atoms with Crippen molar-refractivity contribution in [2.24, 2.45) is 0 Å². The minimum atomic E-state index is 0.464. The van der Waals surface area contributed by atoms with Gasteiger partial charge in [0.15, 0.2) is 0 Å². The molecule has 2 aromatic heterocycles. The highest BCUT2D eigenvalue weighted by Gasteiger charge is 2.24. The van der Waals surface area contributed by atoms with Crippen molar-refractivity contribution < 1.29 is 4.74 Å². The average molecular weight is 320 g/mol. The van der Waals surface area contributed by atoms with Gasteiger partial charge in [-0.05, 0) is 24.6 Å². The third-order valence-electron chi connectivity index (χ3n) is 4.11. The van der Waals surface area contributed by atoms with Gasteiger partial charge in [0.25, 0.3) is 0 Å². The summed E-state index contributed by atoms with van der Waals surface area (Å²) in [6.07, 6.45) is 3.86. The second-order valence-corrected chi connectivity index (χ2v) is 6.69. The van der Waals surface area contributed by atoms with E-state index in [1.54, 1.807) is 0 Å². The molecule has 22 heavy (non-hydrogen) atoms. The molecular weight excluding hydrogens is 296 g/mol. The van der Waals surface area contributed by atoms with Crippen LogP contribution in [0, 0.1) is 0 Å². The van der Waals surface area contributed by atoms with Crippen LogP contribution < -0.4 is 0 Å². The molecule has 3 rings (SSSR count). The van der Waals surface area contributed by atoms with Crippen LogP contribution in [0.2, 0.25) is 0 Å². The van der Waals surface area contributed by atoms with Gasteiger partial charge in [0, 0.05) is 43.4 Å². The van der Waals surface area contributed by atoms with Gasteiger partial charge in [-0.3, -0.25) is 9.58 Å². The van der Waals surface area contributed by atoms with E-state index in [-0.39, 0.29) is 0 Å². The second-order valence-electron chi connectivity index (χ2n) is 5.71. The molecule has 0 aromatic carbocycles. The number of likely N-dealkylation sites (N-methyl/N-ethyl adjacent to an activating group) is 1. The lowest BCUT2D eigenvalue weighted by Gasteiger charge is -2.36. The molecule has 3 heterocycles. The topological polar surface area (TPSA) is 33.5 Å². The summed E-state index contributed by atoms with van der Waals surface area (Å²) in [7, 11) is 2.20. The summed E-state index contributed by atoms with van der Waals surface area (Å²) in [6.45, 7) is 6.72. The van der Waals surface area contributed by atoms with Crippen molar-refractivity contribution in [3.8, 4) is 0 Å². The van der Waals surface area contributed by atoms with E-state index in [0.717, 1.165) is 45.9 Å². The highest BCUT2D eigenvalue weighted by molar-refractivity contribution is 7.10. The highest BCUT2D eigenvalue weighted by atomic mass is 32.1. The number of nitrogens with zero attached hydrogens (tertiary/aromatic N) is 4. The quantitative estimate of drug-likeness (QED) is 0.781. The summed E-state index contributed by atoms with van der Waals surface area (Å²) < 4.78 is 7.50. The van der Waals surface area contributed by atoms with E-state index < -0.39 is 0 Å². The van der Waals surface area contributed by atoms with Crippen LogP contribution in [-0.4, -0.2) is 66.0 Å². The molecule has 0 N–H and O–H groups in total. The fourth-order valence-electron chi connectivity index (χ4n) is 2.85. The van der Waals surface area contributed by atoms with Crippen molar-refractivity contribution in [3.63, 3.8) is 0 Å². The molecule has 6 heteroatoms. The molecule has 1 fully saturated rings. The zero-order valence-corrected chi connectivity index (χ0v) is 13.9. The molecule has 120 valence electrons. The van der Waals surface area contributed by atoms with Crippen molar-refractivity contribution in [1.82, 2.24) is 19.6 Å². The Morgan fingerprint density at radius 3 is 2.91 bits per heavy atom. The standard InChI is InChI=1S/C16H24N4OS/c1-18(7-8-20-6-3-5-17-20)14-15(16-4-2-13-22-16)19-9-11-21-12-10-19/h2-6,13,15H,7-12,14H2,1H3. The summed E-state index contributed by atoms with van der Waals surface area (Å²) in [5.74, 6) is 0. The predicted molar refractivity (Wildman–Crippen MR) is 89.2 cm³/mol. The van der Waals surface area contributed by atoms with Crippen LogP contribution in [0.15, 0.2) is 36.0 Å². The Kier molecular flexibility index (Phi) is 5.61. The fourth-order valence-corrected chi connectivity index (χ4v) is 3.70. The normalized spacial score (nSPS) is 17.9. The van der Waals surface area contributed by atoms with E-state index in [2.05, 4.69) is 39.5 Å². The van der Waals surface area contributed by atoms with Gasteiger partial charge in [-0.2, -0.15) is 5.10 Å². The molecule has 0 spiro atoms. The first-order valence-corrected chi connectivity index (χ1v) is 8.72. The van der Waals surface area contributed by atoms with E-state index in [1.807, 2.05) is 34.5 Å². The highest BCUT2D eigenvalue weighted by Crippen LogP contribution is 2.26. The molecule has 1 aliphatic heterocycles. The summed E-state index contributed by atoms with van der Waals surface area (Å²) in [6, 6.07) is 6.84. The van der Waals surface area contributed by atoms with Gasteiger partial charge >= 0.3 is 0 Å². The zero-order chi connectivity index (χ0) is 15.2. The summed E-state index contributed by atoms with van der Waals surface area (Å²) in [5, 5.41) is 6.45. The largest absolute Gasteiger partial charge is 0.379 e. The number of thiophene rings is 1. The van der Waals surface area contributed by atoms with Crippen LogP contribution in [-0.2, 0) is 11.3 Å². The molecule has 0 radical (unpaired) electrons. The molecule has 1 aliphatic rings. The van der Waals surface area contributed by atoms with E-state index >= 15 is 0 Å². The Morgan fingerprint density at radius 1 is 1.36 bits per heavy atom. The molecule has 0 saturated carbocycles. The number of aromatic nitrogens is 2. The Bertz CT molecular complexity index is 522. The number of ether oxygens (including phenoxy) is 1. The van der Waals surface area contributed by atoms with Gasteiger partial charge < -0.3 is 9.64 Å². The van der Waals surface area contributed by atoms with Crippen LogP contribution in [0.3, 0.4) is 0 Å². The maximum absolute atomic E-state index is 5.51. The maximum Gasteiger partial charge on any atom is 0.0594 e. The van der Waals surface area contributed by atoms with Crippen molar-refractivity contribution in [2.45, 2.75) is 12.6 Å². The minimum absolute atomic E-state index is 0.464. The first kappa shape index (κ1) is 15.7. The molecule has 0 amide bonds. The van der Waals surface area contributed by atoms with E-state index in [4.69, 9.17) is 4.74 Å². The Morgan fingerprint density at radius 2 is 2.23 bits per heavy atom. The monoisotopic (exact) mass is 320 g/mol. The molecule has 1 atom stereocenters. The van der Waals surface area contributed by atoms with Gasteiger partial charge in [-0.15, -0.1) is 11.3 Å². The summed E-state index contributed by atoms with van der Waals surface area (Å²) in [5.41, 5.74) is 0. The predicted octanol–water partition coefficient (Wildman–Crippen LogP) is 1.95. The van der Waals surface area contributed by atoms with Crippen LogP contribution >= 0.6 is 11.3 Å². The number of hydrogen-bond donors (Lipinski definition) is 0. The maximum atomic E-state index is 5.51. The van der Waals surface area contributed by atoms with Crippen molar-refractivity contribution in [3.05, 3.63) is 40.8 Å². The number of rotatable bonds is 7. The first-order valence-electron chi connectivity index (χ1n) is 7.84. The molecule has 0 bridgehead atoms. The second kappa shape index (κ2) is 7.87. The van der Waals surface area contributed by atoms with Crippen molar-refractivity contribution in [1.29, 1.82) is 0 Å². The molecule has 1 unspecified atom stereocenters. The number of hydrogen-bond acceptors (Lipinski definition) is 5. The molecule has 5 nitrogen and oxygen atoms in total. The first-order chi connectivity index (χ1) is 10.8. The van der Waals surface area contributed by atoms with Gasteiger partial charge in [-0.1, -0.05) is 6.07 Å². The van der Waals surface area contributed by atoms with Gasteiger partial charge in [0.1, 0.15) is 0 Å².